The van der Waals surface area contributed by atoms with Gasteiger partial charge < -0.3 is 15.8 Å². The van der Waals surface area contributed by atoms with Crippen molar-refractivity contribution < 1.29 is 14.3 Å². The summed E-state index contributed by atoms with van der Waals surface area (Å²) in [5, 5.41) is 3.46. The number of rotatable bonds is 4. The Bertz CT molecular complexity index is 620. The topological polar surface area (TPSA) is 81.4 Å². The van der Waals surface area contributed by atoms with E-state index in [9.17, 15) is 9.59 Å². The Hall–Kier alpha value is -1.59. The second-order valence-electron chi connectivity index (χ2n) is 7.21. The van der Waals surface area contributed by atoms with Crippen LogP contribution in [0.4, 0.5) is 0 Å². The van der Waals surface area contributed by atoms with Gasteiger partial charge in [-0.1, -0.05) is 30.2 Å². The molecule has 136 valence electrons. The van der Waals surface area contributed by atoms with Crippen LogP contribution >= 0.6 is 11.6 Å². The van der Waals surface area contributed by atoms with E-state index in [-0.39, 0.29) is 17.9 Å². The third kappa shape index (κ3) is 3.98. The number of benzene rings is 1. The average Bonchev–Trinajstić information content (AvgIpc) is 2.59. The smallest absolute Gasteiger partial charge is 0.333 e. The van der Waals surface area contributed by atoms with Crippen molar-refractivity contribution in [1.29, 1.82) is 0 Å². The van der Waals surface area contributed by atoms with E-state index in [1.54, 1.807) is 24.3 Å². The molecule has 5 nitrogen and oxygen atoms in total. The maximum Gasteiger partial charge on any atom is 0.333 e. The van der Waals surface area contributed by atoms with Gasteiger partial charge in [-0.3, -0.25) is 4.79 Å². The summed E-state index contributed by atoms with van der Waals surface area (Å²) < 4.78 is 4.87. The maximum atomic E-state index is 12.8. The third-order valence-electron chi connectivity index (χ3n) is 5.71. The zero-order valence-corrected chi connectivity index (χ0v) is 15.2. The first-order chi connectivity index (χ1) is 12.0. The van der Waals surface area contributed by atoms with Gasteiger partial charge in [-0.2, -0.15) is 0 Å². The molecule has 0 spiro atoms. The lowest BCUT2D eigenvalue weighted by Crippen LogP contribution is -2.49. The van der Waals surface area contributed by atoms with Crippen LogP contribution in [0.2, 0.25) is 5.02 Å². The number of ether oxygens (including phenoxy) is 1. The molecule has 3 rings (SSSR count). The van der Waals surface area contributed by atoms with Crippen molar-refractivity contribution in [2.24, 2.45) is 23.5 Å². The minimum Gasteiger partial charge on any atom is -0.467 e. The van der Waals surface area contributed by atoms with Crippen LogP contribution in [0.5, 0.6) is 0 Å². The van der Waals surface area contributed by atoms with E-state index in [0.29, 0.717) is 22.4 Å². The highest BCUT2D eigenvalue weighted by Crippen LogP contribution is 2.42. The summed E-state index contributed by atoms with van der Waals surface area (Å²) in [6.45, 7) is 0. The van der Waals surface area contributed by atoms with E-state index in [2.05, 4.69) is 5.32 Å². The van der Waals surface area contributed by atoms with Crippen LogP contribution in [0.3, 0.4) is 0 Å². The molecule has 2 aliphatic carbocycles. The van der Waals surface area contributed by atoms with Crippen LogP contribution in [0.1, 0.15) is 43.7 Å². The van der Waals surface area contributed by atoms with E-state index >= 15 is 0 Å². The first-order valence-corrected chi connectivity index (χ1v) is 9.26. The van der Waals surface area contributed by atoms with Crippen LogP contribution in [0, 0.1) is 17.8 Å². The fraction of sp³-hybridized carbons (Fsp3) is 0.579. The lowest BCUT2D eigenvalue weighted by atomic mass is 9.65. The second-order valence-corrected chi connectivity index (χ2v) is 7.65. The van der Waals surface area contributed by atoms with Gasteiger partial charge in [0.05, 0.1) is 7.11 Å². The van der Waals surface area contributed by atoms with Gasteiger partial charge >= 0.3 is 5.97 Å². The Balaban J connectivity index is 1.72. The van der Waals surface area contributed by atoms with Gasteiger partial charge in [-0.15, -0.1) is 0 Å². The van der Waals surface area contributed by atoms with Crippen LogP contribution in [-0.4, -0.2) is 25.0 Å². The number of hydrogen-bond acceptors (Lipinski definition) is 4. The Morgan fingerprint density at radius 2 is 1.80 bits per heavy atom. The number of esters is 1. The molecule has 2 aliphatic rings. The van der Waals surface area contributed by atoms with E-state index < -0.39 is 12.0 Å². The summed E-state index contributed by atoms with van der Waals surface area (Å²) in [5.41, 5.74) is 6.97. The van der Waals surface area contributed by atoms with Crippen LogP contribution in [-0.2, 0) is 14.3 Å². The molecule has 2 saturated carbocycles. The van der Waals surface area contributed by atoms with Crippen LogP contribution in [0.15, 0.2) is 24.3 Å². The number of halogens is 1. The van der Waals surface area contributed by atoms with Gasteiger partial charge in [0.25, 0.3) is 0 Å². The summed E-state index contributed by atoms with van der Waals surface area (Å²) in [6, 6.07) is 6.26. The summed E-state index contributed by atoms with van der Waals surface area (Å²) in [5.74, 6) is 0.165. The number of fused-ring (bicyclic) bond motifs is 2. The van der Waals surface area contributed by atoms with Gasteiger partial charge in [0.2, 0.25) is 5.91 Å². The zero-order valence-electron chi connectivity index (χ0n) is 14.4. The number of hydrogen-bond donors (Lipinski definition) is 2. The molecule has 0 saturated heterocycles. The molecule has 3 atom stereocenters. The molecule has 25 heavy (non-hydrogen) atoms. The first kappa shape index (κ1) is 18.2. The number of carbonyl (C=O) groups is 2. The van der Waals surface area contributed by atoms with E-state index in [1.807, 2.05) is 0 Å². The van der Waals surface area contributed by atoms with Crippen LogP contribution in [0.25, 0.3) is 0 Å². The highest BCUT2D eigenvalue weighted by molar-refractivity contribution is 6.30. The third-order valence-corrected chi connectivity index (χ3v) is 5.96. The monoisotopic (exact) mass is 364 g/mol. The summed E-state index contributed by atoms with van der Waals surface area (Å²) in [7, 11) is 1.32. The molecule has 1 aromatic rings. The molecule has 1 aromatic carbocycles. The summed E-state index contributed by atoms with van der Waals surface area (Å²) in [4.78, 5) is 25.0. The van der Waals surface area contributed by atoms with Crippen molar-refractivity contribution in [2.45, 2.75) is 44.2 Å². The lowest BCUT2D eigenvalue weighted by molar-refractivity contribution is -0.146. The normalized spacial score (nSPS) is 29.6. The Labute approximate surface area is 153 Å². The maximum absolute atomic E-state index is 12.8. The SMILES string of the molecule is COC(=O)C(NC(=O)C1CC2CCCC(C1)C2N)c1ccc(Cl)cc1. The highest BCUT2D eigenvalue weighted by Gasteiger charge is 2.41. The molecular weight excluding hydrogens is 340 g/mol. The number of nitrogens with one attached hydrogen (secondary N) is 1. The fourth-order valence-electron chi connectivity index (χ4n) is 4.31. The van der Waals surface area contributed by atoms with Crippen LogP contribution < -0.4 is 11.1 Å². The number of carbonyl (C=O) groups excluding carboxylic acids is 2. The number of nitrogens with two attached hydrogens (primary N) is 1. The lowest BCUT2D eigenvalue weighted by Gasteiger charge is -2.43. The van der Waals surface area contributed by atoms with Crippen molar-refractivity contribution in [3.63, 3.8) is 0 Å². The zero-order chi connectivity index (χ0) is 18.0. The molecule has 3 unspecified atom stereocenters. The molecule has 0 aliphatic heterocycles. The molecule has 1 amide bonds. The van der Waals surface area contributed by atoms with Gasteiger partial charge in [-0.05, 0) is 55.2 Å². The Kier molecular flexibility index (Phi) is 5.64. The van der Waals surface area contributed by atoms with E-state index in [0.717, 1.165) is 25.7 Å². The molecule has 0 radical (unpaired) electrons. The first-order valence-electron chi connectivity index (χ1n) is 8.89. The molecule has 2 fully saturated rings. The molecule has 0 heterocycles. The standard InChI is InChI=1S/C19H25ClN2O3/c1-25-19(24)17(11-5-7-15(20)8-6-11)22-18(23)14-9-12-3-2-4-13(10-14)16(12)21/h5-8,12-14,16-17H,2-4,9-10,21H2,1H3,(H,22,23). The van der Waals surface area contributed by atoms with Gasteiger partial charge in [0.15, 0.2) is 6.04 Å². The highest BCUT2D eigenvalue weighted by atomic mass is 35.5. The minimum absolute atomic E-state index is 0.0884. The summed E-state index contributed by atoms with van der Waals surface area (Å²) in [6.07, 6.45) is 5.00. The predicted octanol–water partition coefficient (Wildman–Crippen LogP) is 2.82. The Morgan fingerprint density at radius 1 is 1.20 bits per heavy atom. The van der Waals surface area contributed by atoms with E-state index in [1.165, 1.54) is 13.5 Å². The van der Waals surface area contributed by atoms with Crippen molar-refractivity contribution in [3.05, 3.63) is 34.9 Å². The van der Waals surface area contributed by atoms with Gasteiger partial charge in [-0.25, -0.2) is 4.79 Å². The van der Waals surface area contributed by atoms with Crippen molar-refractivity contribution in [2.75, 3.05) is 7.11 Å². The number of methoxy groups -OCH3 is 1. The second kappa shape index (κ2) is 7.75. The fourth-order valence-corrected chi connectivity index (χ4v) is 4.44. The molecule has 2 bridgehead atoms. The predicted molar refractivity (Wildman–Crippen MR) is 95.9 cm³/mol. The molecule has 0 aromatic heterocycles. The summed E-state index contributed by atoms with van der Waals surface area (Å²) >= 11 is 5.91. The van der Waals surface area contributed by atoms with Crippen molar-refractivity contribution >= 4 is 23.5 Å². The molecule has 6 heteroatoms. The Morgan fingerprint density at radius 3 is 2.36 bits per heavy atom. The van der Waals surface area contributed by atoms with Gasteiger partial charge in [0, 0.05) is 17.0 Å². The molecule has 3 N–H and O–H groups in total. The van der Waals surface area contributed by atoms with E-state index in [4.69, 9.17) is 22.1 Å². The average molecular weight is 365 g/mol. The minimum atomic E-state index is -0.815. The van der Waals surface area contributed by atoms with Gasteiger partial charge in [0.1, 0.15) is 0 Å². The van der Waals surface area contributed by atoms with Crippen molar-refractivity contribution in [3.8, 4) is 0 Å². The quantitative estimate of drug-likeness (QED) is 0.805. The van der Waals surface area contributed by atoms with Crippen molar-refractivity contribution in [1.82, 2.24) is 5.32 Å². The molecular formula is C19H25ClN2O3. The number of amides is 1. The largest absolute Gasteiger partial charge is 0.467 e.